The predicted molar refractivity (Wildman–Crippen MR) is 87.7 cm³/mol. The summed E-state index contributed by atoms with van der Waals surface area (Å²) in [6.07, 6.45) is 0.357. The molecular weight excluding hydrogens is 292 g/mol. The molecule has 1 N–H and O–H groups in total. The Morgan fingerprint density at radius 2 is 1.65 bits per heavy atom. The van der Waals surface area contributed by atoms with Crippen LogP contribution in [-0.4, -0.2) is 17.7 Å². The number of nitrogens with one attached hydrogen (secondary N) is 1. The van der Waals surface area contributed by atoms with Gasteiger partial charge in [0, 0.05) is 12.1 Å². The van der Waals surface area contributed by atoms with Crippen LogP contribution < -0.4 is 10.2 Å². The number of aryl methyl sites for hydroxylation is 1. The number of carbonyl (C=O) groups excluding carboxylic acids is 3. The Hall–Kier alpha value is -2.95. The van der Waals surface area contributed by atoms with E-state index in [0.717, 1.165) is 5.56 Å². The topological polar surface area (TPSA) is 66.5 Å². The van der Waals surface area contributed by atoms with Gasteiger partial charge >= 0.3 is 0 Å². The molecule has 5 nitrogen and oxygen atoms in total. The number of nitrogens with zero attached hydrogens (tertiary/aromatic N) is 1. The maximum Gasteiger partial charge on any atom is 0.266 e. The zero-order chi connectivity index (χ0) is 16.6. The lowest BCUT2D eigenvalue weighted by Crippen LogP contribution is -2.30. The fourth-order valence-corrected chi connectivity index (χ4v) is 2.59. The number of hydrogen-bond donors (Lipinski definition) is 1. The van der Waals surface area contributed by atoms with Gasteiger partial charge in [0.15, 0.2) is 0 Å². The summed E-state index contributed by atoms with van der Waals surface area (Å²) >= 11 is 0. The van der Waals surface area contributed by atoms with E-state index in [9.17, 15) is 14.4 Å². The van der Waals surface area contributed by atoms with E-state index >= 15 is 0 Å². The number of imide groups is 1. The molecule has 0 spiro atoms. The van der Waals surface area contributed by atoms with Gasteiger partial charge < -0.3 is 5.32 Å². The van der Waals surface area contributed by atoms with Crippen LogP contribution in [-0.2, 0) is 4.79 Å². The molecule has 0 radical (unpaired) electrons. The van der Waals surface area contributed by atoms with Gasteiger partial charge in [-0.3, -0.25) is 14.4 Å². The Morgan fingerprint density at radius 1 is 1.04 bits per heavy atom. The predicted octanol–water partition coefficient (Wildman–Crippen LogP) is 3.14. The van der Waals surface area contributed by atoms with E-state index in [2.05, 4.69) is 5.32 Å². The maximum atomic E-state index is 12.6. The van der Waals surface area contributed by atoms with Crippen molar-refractivity contribution in [2.45, 2.75) is 20.3 Å². The molecule has 1 aliphatic heterocycles. The molecule has 116 valence electrons. The average Bonchev–Trinajstić information content (AvgIpc) is 2.81. The van der Waals surface area contributed by atoms with Crippen molar-refractivity contribution in [3.05, 3.63) is 59.2 Å². The smallest absolute Gasteiger partial charge is 0.266 e. The molecule has 0 saturated carbocycles. The Kier molecular flexibility index (Phi) is 3.70. The first-order chi connectivity index (χ1) is 11.0. The lowest BCUT2D eigenvalue weighted by Gasteiger charge is -2.18. The number of benzene rings is 2. The maximum absolute atomic E-state index is 12.6. The first-order valence-corrected chi connectivity index (χ1v) is 7.41. The van der Waals surface area contributed by atoms with E-state index in [1.807, 2.05) is 6.92 Å². The molecule has 3 amide bonds. The van der Waals surface area contributed by atoms with E-state index in [4.69, 9.17) is 0 Å². The molecule has 1 heterocycles. The third kappa shape index (κ3) is 2.50. The minimum atomic E-state index is -0.340. The van der Waals surface area contributed by atoms with Crippen molar-refractivity contribution in [3.8, 4) is 0 Å². The largest absolute Gasteiger partial charge is 0.326 e. The Morgan fingerprint density at radius 3 is 2.22 bits per heavy atom. The molecule has 0 aliphatic carbocycles. The fraction of sp³-hybridized carbons (Fsp3) is 0.167. The summed E-state index contributed by atoms with van der Waals surface area (Å²) in [5.41, 5.74) is 2.65. The highest BCUT2D eigenvalue weighted by Gasteiger charge is 2.37. The molecule has 2 aromatic carbocycles. The normalized spacial score (nSPS) is 13.2. The van der Waals surface area contributed by atoms with Crippen molar-refractivity contribution in [2.75, 3.05) is 10.2 Å². The Bertz CT molecular complexity index is 792. The van der Waals surface area contributed by atoms with Crippen LogP contribution in [0.15, 0.2) is 42.5 Å². The van der Waals surface area contributed by atoms with E-state index in [1.165, 1.54) is 4.90 Å². The number of anilines is 2. The second-order valence-corrected chi connectivity index (χ2v) is 5.39. The van der Waals surface area contributed by atoms with Crippen molar-refractivity contribution >= 4 is 29.1 Å². The van der Waals surface area contributed by atoms with Crippen LogP contribution in [0.25, 0.3) is 0 Å². The molecule has 23 heavy (non-hydrogen) atoms. The first-order valence-electron chi connectivity index (χ1n) is 7.41. The lowest BCUT2D eigenvalue weighted by molar-refractivity contribution is -0.115. The summed E-state index contributed by atoms with van der Waals surface area (Å²) in [5.74, 6) is -0.803. The Balaban J connectivity index is 2.03. The standard InChI is InChI=1S/C18H16N2O3/c1-3-16(21)19-12-9-8-11(2)15(10-12)20-17(22)13-6-4-5-7-14(13)18(20)23/h4-10H,3H2,1-2H3,(H,19,21). The van der Waals surface area contributed by atoms with Gasteiger partial charge in [0.1, 0.15) is 0 Å². The summed E-state index contributed by atoms with van der Waals surface area (Å²) in [6, 6.07) is 12.0. The highest BCUT2D eigenvalue weighted by molar-refractivity contribution is 6.34. The average molecular weight is 308 g/mol. The third-order valence-corrected chi connectivity index (χ3v) is 3.85. The van der Waals surface area contributed by atoms with Crippen LogP contribution in [0.2, 0.25) is 0 Å². The van der Waals surface area contributed by atoms with Crippen molar-refractivity contribution in [2.24, 2.45) is 0 Å². The minimum Gasteiger partial charge on any atom is -0.326 e. The number of amides is 3. The lowest BCUT2D eigenvalue weighted by atomic mass is 10.1. The quantitative estimate of drug-likeness (QED) is 0.886. The number of carbonyl (C=O) groups is 3. The van der Waals surface area contributed by atoms with Gasteiger partial charge in [-0.25, -0.2) is 4.90 Å². The summed E-state index contributed by atoms with van der Waals surface area (Å²) in [4.78, 5) is 37.9. The highest BCUT2D eigenvalue weighted by atomic mass is 16.2. The zero-order valence-corrected chi connectivity index (χ0v) is 12.9. The first kappa shape index (κ1) is 15.0. The number of hydrogen-bond acceptors (Lipinski definition) is 3. The van der Waals surface area contributed by atoms with E-state index in [0.29, 0.717) is 28.9 Å². The molecule has 0 atom stereocenters. The summed E-state index contributed by atoms with van der Waals surface area (Å²) in [6.45, 7) is 3.58. The van der Waals surface area contributed by atoms with Crippen LogP contribution in [0.4, 0.5) is 11.4 Å². The van der Waals surface area contributed by atoms with Crippen molar-refractivity contribution < 1.29 is 14.4 Å². The van der Waals surface area contributed by atoms with Crippen LogP contribution in [0, 0.1) is 6.92 Å². The van der Waals surface area contributed by atoms with E-state index in [1.54, 1.807) is 49.4 Å². The van der Waals surface area contributed by atoms with Gasteiger partial charge in [-0.05, 0) is 36.8 Å². The molecule has 1 aliphatic rings. The van der Waals surface area contributed by atoms with Crippen LogP contribution in [0.5, 0.6) is 0 Å². The summed E-state index contributed by atoms with van der Waals surface area (Å²) in [7, 11) is 0. The Labute approximate surface area is 133 Å². The van der Waals surface area contributed by atoms with Gasteiger partial charge in [0.2, 0.25) is 5.91 Å². The second-order valence-electron chi connectivity index (χ2n) is 5.39. The minimum absolute atomic E-state index is 0.123. The van der Waals surface area contributed by atoms with Gasteiger partial charge in [0.25, 0.3) is 11.8 Å². The molecular formula is C18H16N2O3. The highest BCUT2D eigenvalue weighted by Crippen LogP contribution is 2.32. The molecule has 2 aromatic rings. The zero-order valence-electron chi connectivity index (χ0n) is 12.9. The molecule has 5 heteroatoms. The summed E-state index contributed by atoms with van der Waals surface area (Å²) in [5, 5.41) is 2.75. The van der Waals surface area contributed by atoms with Crippen LogP contribution in [0.3, 0.4) is 0 Å². The van der Waals surface area contributed by atoms with Crippen molar-refractivity contribution in [1.29, 1.82) is 0 Å². The third-order valence-electron chi connectivity index (χ3n) is 3.85. The number of fused-ring (bicyclic) bond motifs is 1. The van der Waals surface area contributed by atoms with Crippen molar-refractivity contribution in [3.63, 3.8) is 0 Å². The van der Waals surface area contributed by atoms with Gasteiger partial charge in [-0.1, -0.05) is 25.1 Å². The van der Waals surface area contributed by atoms with Crippen LogP contribution in [0.1, 0.15) is 39.6 Å². The van der Waals surface area contributed by atoms with Crippen LogP contribution >= 0.6 is 0 Å². The molecule has 0 aromatic heterocycles. The van der Waals surface area contributed by atoms with Gasteiger partial charge in [-0.15, -0.1) is 0 Å². The second kappa shape index (κ2) is 5.68. The molecule has 0 fully saturated rings. The van der Waals surface area contributed by atoms with Gasteiger partial charge in [0.05, 0.1) is 16.8 Å². The van der Waals surface area contributed by atoms with E-state index < -0.39 is 0 Å². The SMILES string of the molecule is CCC(=O)Nc1ccc(C)c(N2C(=O)c3ccccc3C2=O)c1. The molecule has 0 unspecified atom stereocenters. The number of rotatable bonds is 3. The molecule has 0 bridgehead atoms. The fourth-order valence-electron chi connectivity index (χ4n) is 2.59. The van der Waals surface area contributed by atoms with E-state index in [-0.39, 0.29) is 17.7 Å². The molecule has 3 rings (SSSR count). The molecule has 0 saturated heterocycles. The monoisotopic (exact) mass is 308 g/mol. The summed E-state index contributed by atoms with van der Waals surface area (Å²) < 4.78 is 0. The van der Waals surface area contributed by atoms with Crippen molar-refractivity contribution in [1.82, 2.24) is 0 Å². The van der Waals surface area contributed by atoms with Gasteiger partial charge in [-0.2, -0.15) is 0 Å².